The zero-order chi connectivity index (χ0) is 12.9. The molecule has 0 aliphatic rings. The maximum Gasteiger partial charge on any atom is 0.335 e. The third kappa shape index (κ3) is 4.15. The Hall–Kier alpha value is -2.02. The van der Waals surface area contributed by atoms with Gasteiger partial charge in [-0.2, -0.15) is 5.26 Å². The second-order valence-electron chi connectivity index (χ2n) is 4.43. The maximum atomic E-state index is 10.7. The third-order valence-electron chi connectivity index (χ3n) is 2.38. The predicted molar refractivity (Wildman–Crippen MR) is 62.9 cm³/mol. The van der Waals surface area contributed by atoms with Crippen LogP contribution in [0.25, 0.3) is 0 Å². The highest BCUT2D eigenvalue weighted by atomic mass is 16.5. The Balaban J connectivity index is 2.56. The van der Waals surface area contributed by atoms with Gasteiger partial charge in [-0.05, 0) is 38.5 Å². The van der Waals surface area contributed by atoms with Crippen LogP contribution in [0.4, 0.5) is 0 Å². The molecule has 0 saturated heterocycles. The Labute approximate surface area is 100 Å². The molecule has 17 heavy (non-hydrogen) atoms. The number of rotatable bonds is 5. The molecule has 0 heterocycles. The number of carboxylic acid groups (broad SMARTS) is 1. The Kier molecular flexibility index (Phi) is 4.11. The van der Waals surface area contributed by atoms with E-state index >= 15 is 0 Å². The van der Waals surface area contributed by atoms with Crippen molar-refractivity contribution in [2.45, 2.75) is 20.3 Å². The van der Waals surface area contributed by atoms with Crippen molar-refractivity contribution in [2.24, 2.45) is 5.41 Å². The quantitative estimate of drug-likeness (QED) is 0.848. The van der Waals surface area contributed by atoms with Crippen LogP contribution < -0.4 is 4.74 Å². The first-order chi connectivity index (χ1) is 7.94. The van der Waals surface area contributed by atoms with Crippen LogP contribution in [0.2, 0.25) is 0 Å². The molecule has 90 valence electrons. The molecule has 0 atom stereocenters. The van der Waals surface area contributed by atoms with E-state index in [0.29, 0.717) is 18.8 Å². The van der Waals surface area contributed by atoms with E-state index in [0.717, 1.165) is 0 Å². The molecule has 1 aromatic rings. The summed E-state index contributed by atoms with van der Waals surface area (Å²) >= 11 is 0. The molecular formula is C13H15NO3. The molecule has 0 radical (unpaired) electrons. The molecule has 0 unspecified atom stereocenters. The monoisotopic (exact) mass is 233 g/mol. The van der Waals surface area contributed by atoms with E-state index in [1.807, 2.05) is 13.8 Å². The van der Waals surface area contributed by atoms with Gasteiger partial charge >= 0.3 is 5.97 Å². The van der Waals surface area contributed by atoms with Crippen molar-refractivity contribution in [3.63, 3.8) is 0 Å². The summed E-state index contributed by atoms with van der Waals surface area (Å²) < 4.78 is 5.42. The van der Waals surface area contributed by atoms with Crippen LogP contribution in [-0.2, 0) is 0 Å². The zero-order valence-electron chi connectivity index (χ0n) is 9.93. The van der Waals surface area contributed by atoms with Crippen molar-refractivity contribution in [1.29, 1.82) is 5.26 Å². The van der Waals surface area contributed by atoms with Gasteiger partial charge in [-0.25, -0.2) is 4.79 Å². The van der Waals surface area contributed by atoms with Crippen molar-refractivity contribution in [2.75, 3.05) is 6.61 Å². The van der Waals surface area contributed by atoms with Crippen LogP contribution in [0, 0.1) is 16.7 Å². The Morgan fingerprint density at radius 2 is 2.24 bits per heavy atom. The van der Waals surface area contributed by atoms with E-state index in [4.69, 9.17) is 15.1 Å². The summed E-state index contributed by atoms with van der Waals surface area (Å²) in [5, 5.41) is 17.6. The summed E-state index contributed by atoms with van der Waals surface area (Å²) in [7, 11) is 0. The van der Waals surface area contributed by atoms with Crippen LogP contribution in [0.3, 0.4) is 0 Å². The number of ether oxygens (including phenoxy) is 1. The van der Waals surface area contributed by atoms with Gasteiger partial charge in [0.15, 0.2) is 0 Å². The van der Waals surface area contributed by atoms with Crippen molar-refractivity contribution >= 4 is 5.97 Å². The number of carbonyl (C=O) groups is 1. The zero-order valence-corrected chi connectivity index (χ0v) is 9.93. The van der Waals surface area contributed by atoms with Crippen LogP contribution in [0.1, 0.15) is 30.6 Å². The molecule has 4 nitrogen and oxygen atoms in total. The van der Waals surface area contributed by atoms with Crippen LogP contribution >= 0.6 is 0 Å². The van der Waals surface area contributed by atoms with Gasteiger partial charge in [0.1, 0.15) is 5.75 Å². The highest BCUT2D eigenvalue weighted by Gasteiger charge is 2.16. The topological polar surface area (TPSA) is 70.3 Å². The first-order valence-corrected chi connectivity index (χ1v) is 5.32. The first kappa shape index (κ1) is 13.0. The number of nitriles is 1. The van der Waals surface area contributed by atoms with Gasteiger partial charge in [-0.15, -0.1) is 0 Å². The average Bonchev–Trinajstić information content (AvgIpc) is 2.29. The van der Waals surface area contributed by atoms with Crippen LogP contribution in [0.15, 0.2) is 24.3 Å². The minimum absolute atomic E-state index is 0.196. The predicted octanol–water partition coefficient (Wildman–Crippen LogP) is 2.70. The van der Waals surface area contributed by atoms with E-state index in [1.165, 1.54) is 12.1 Å². The van der Waals surface area contributed by atoms with Gasteiger partial charge in [0.25, 0.3) is 0 Å². The average molecular weight is 233 g/mol. The van der Waals surface area contributed by atoms with E-state index in [-0.39, 0.29) is 5.56 Å². The molecule has 0 fully saturated rings. The molecule has 0 amide bonds. The summed E-state index contributed by atoms with van der Waals surface area (Å²) in [6.45, 7) is 4.07. The summed E-state index contributed by atoms with van der Waals surface area (Å²) in [5.74, 6) is -0.466. The highest BCUT2D eigenvalue weighted by molar-refractivity contribution is 5.87. The first-order valence-electron chi connectivity index (χ1n) is 5.32. The fourth-order valence-corrected chi connectivity index (χ4v) is 1.20. The van der Waals surface area contributed by atoms with E-state index in [1.54, 1.807) is 12.1 Å². The largest absolute Gasteiger partial charge is 0.494 e. The fourth-order valence-electron chi connectivity index (χ4n) is 1.20. The molecule has 0 aliphatic carbocycles. The highest BCUT2D eigenvalue weighted by Crippen LogP contribution is 2.20. The summed E-state index contributed by atoms with van der Waals surface area (Å²) in [6.07, 6.45) is 0.598. The number of carboxylic acids is 1. The summed E-state index contributed by atoms with van der Waals surface area (Å²) in [5.41, 5.74) is -0.230. The molecule has 0 aliphatic heterocycles. The Morgan fingerprint density at radius 3 is 2.82 bits per heavy atom. The molecule has 0 saturated carbocycles. The number of hydrogen-bond donors (Lipinski definition) is 1. The smallest absolute Gasteiger partial charge is 0.335 e. The summed E-state index contributed by atoms with van der Waals surface area (Å²) in [6, 6.07) is 8.50. The lowest BCUT2D eigenvalue weighted by Crippen LogP contribution is -2.13. The van der Waals surface area contributed by atoms with Crippen molar-refractivity contribution in [1.82, 2.24) is 0 Å². The maximum absolute atomic E-state index is 10.7. The lowest BCUT2D eigenvalue weighted by Gasteiger charge is -2.15. The number of aromatic carboxylic acids is 1. The van der Waals surface area contributed by atoms with Gasteiger partial charge < -0.3 is 9.84 Å². The molecule has 1 rings (SSSR count). The molecule has 4 heteroatoms. The summed E-state index contributed by atoms with van der Waals surface area (Å²) in [4.78, 5) is 10.7. The lowest BCUT2D eigenvalue weighted by molar-refractivity contribution is 0.0696. The van der Waals surface area contributed by atoms with Gasteiger partial charge in [-0.1, -0.05) is 6.07 Å². The molecular weight excluding hydrogens is 218 g/mol. The number of hydrogen-bond acceptors (Lipinski definition) is 3. The molecule has 1 aromatic carbocycles. The van der Waals surface area contributed by atoms with Gasteiger partial charge in [-0.3, -0.25) is 0 Å². The van der Waals surface area contributed by atoms with Crippen molar-refractivity contribution in [3.8, 4) is 11.8 Å². The standard InChI is InChI=1S/C13H15NO3/c1-13(2,9-14)6-7-17-11-5-3-4-10(8-11)12(15)16/h3-5,8H,6-7H2,1-2H3,(H,15,16). The van der Waals surface area contributed by atoms with Gasteiger partial charge in [0.05, 0.1) is 23.7 Å². The van der Waals surface area contributed by atoms with E-state index < -0.39 is 11.4 Å². The third-order valence-corrected chi connectivity index (χ3v) is 2.38. The van der Waals surface area contributed by atoms with Gasteiger partial charge in [0.2, 0.25) is 0 Å². The van der Waals surface area contributed by atoms with Crippen LogP contribution in [-0.4, -0.2) is 17.7 Å². The Bertz CT molecular complexity index is 446. The van der Waals surface area contributed by atoms with E-state index in [2.05, 4.69) is 6.07 Å². The van der Waals surface area contributed by atoms with Gasteiger partial charge in [0, 0.05) is 0 Å². The number of nitrogens with zero attached hydrogens (tertiary/aromatic N) is 1. The number of benzene rings is 1. The fraction of sp³-hybridized carbons (Fsp3) is 0.385. The van der Waals surface area contributed by atoms with Crippen molar-refractivity contribution < 1.29 is 14.6 Å². The normalized spacial score (nSPS) is 10.6. The van der Waals surface area contributed by atoms with Crippen LogP contribution in [0.5, 0.6) is 5.75 Å². The molecule has 1 N–H and O–H groups in total. The lowest BCUT2D eigenvalue weighted by atomic mass is 9.92. The Morgan fingerprint density at radius 1 is 1.53 bits per heavy atom. The van der Waals surface area contributed by atoms with Crippen molar-refractivity contribution in [3.05, 3.63) is 29.8 Å². The second-order valence-corrected chi connectivity index (χ2v) is 4.43. The second kappa shape index (κ2) is 5.35. The molecule has 0 spiro atoms. The molecule has 0 bridgehead atoms. The van der Waals surface area contributed by atoms with E-state index in [9.17, 15) is 4.79 Å². The minimum Gasteiger partial charge on any atom is -0.494 e. The SMILES string of the molecule is CC(C)(C#N)CCOc1cccc(C(=O)O)c1. The molecule has 0 aromatic heterocycles. The minimum atomic E-state index is -0.979.